The Balaban J connectivity index is 1.72. The lowest BCUT2D eigenvalue weighted by Crippen LogP contribution is -2.14. The van der Waals surface area contributed by atoms with Crippen LogP contribution in [0.15, 0.2) is 60.7 Å². The third-order valence-corrected chi connectivity index (χ3v) is 4.45. The summed E-state index contributed by atoms with van der Waals surface area (Å²) in [6.07, 6.45) is 0. The summed E-state index contributed by atoms with van der Waals surface area (Å²) < 4.78 is 22.5. The molecule has 3 aromatic rings. The lowest BCUT2D eigenvalue weighted by molar-refractivity contribution is -0.140. The number of esters is 1. The van der Waals surface area contributed by atoms with Gasteiger partial charge in [-0.1, -0.05) is 55.1 Å². The lowest BCUT2D eigenvalue weighted by atomic mass is 10.0. The molecule has 6 heteroatoms. The molecule has 0 saturated heterocycles. The standard InChI is InChI=1S/C24H26O6/c1-17(2)24(26)30-16-14-27-13-15-29-23-20-9-5-3-7-18(20)22(28-12-11-25)19-8-4-6-10-21(19)23/h3-10,25H,1,11-16H2,2H3. The topological polar surface area (TPSA) is 74.2 Å². The molecule has 0 spiro atoms. The maximum atomic E-state index is 11.3. The smallest absolute Gasteiger partial charge is 0.333 e. The molecule has 0 fully saturated rings. The van der Waals surface area contributed by atoms with Crippen LogP contribution in [0, 0.1) is 0 Å². The first-order chi connectivity index (χ1) is 14.6. The maximum absolute atomic E-state index is 11.3. The second kappa shape index (κ2) is 10.6. The fraction of sp³-hybridized carbons (Fsp3) is 0.292. The van der Waals surface area contributed by atoms with Crippen molar-refractivity contribution in [2.45, 2.75) is 6.92 Å². The molecule has 0 bridgehead atoms. The molecule has 0 aliphatic rings. The van der Waals surface area contributed by atoms with Gasteiger partial charge in [0.05, 0.1) is 19.8 Å². The van der Waals surface area contributed by atoms with Crippen LogP contribution in [0.2, 0.25) is 0 Å². The van der Waals surface area contributed by atoms with E-state index in [9.17, 15) is 9.90 Å². The molecule has 0 saturated carbocycles. The SMILES string of the molecule is C=C(C)C(=O)OCCOCCOc1c2ccccc2c(OCCO)c2ccccc12. The van der Waals surface area contributed by atoms with Crippen molar-refractivity contribution in [3.8, 4) is 11.5 Å². The first-order valence-corrected chi connectivity index (χ1v) is 9.83. The lowest BCUT2D eigenvalue weighted by Gasteiger charge is -2.17. The van der Waals surface area contributed by atoms with Gasteiger partial charge < -0.3 is 24.1 Å². The Hall–Kier alpha value is -3.09. The van der Waals surface area contributed by atoms with Gasteiger partial charge in [0, 0.05) is 27.1 Å². The van der Waals surface area contributed by atoms with Gasteiger partial charge in [-0.25, -0.2) is 4.79 Å². The number of hydrogen-bond acceptors (Lipinski definition) is 6. The highest BCUT2D eigenvalue weighted by molar-refractivity contribution is 6.11. The molecule has 3 aromatic carbocycles. The van der Waals surface area contributed by atoms with E-state index in [0.717, 1.165) is 33.0 Å². The molecule has 3 rings (SSSR count). The zero-order valence-electron chi connectivity index (χ0n) is 17.1. The highest BCUT2D eigenvalue weighted by Crippen LogP contribution is 2.42. The number of carbonyl (C=O) groups excluding carboxylic acids is 1. The summed E-state index contributed by atoms with van der Waals surface area (Å²) in [5.41, 5.74) is 0.364. The van der Waals surface area contributed by atoms with E-state index < -0.39 is 5.97 Å². The predicted molar refractivity (Wildman–Crippen MR) is 116 cm³/mol. The van der Waals surface area contributed by atoms with Crippen molar-refractivity contribution in [2.24, 2.45) is 0 Å². The minimum atomic E-state index is -0.420. The quantitative estimate of drug-likeness (QED) is 0.224. The Kier molecular flexibility index (Phi) is 7.65. The van der Waals surface area contributed by atoms with Crippen molar-refractivity contribution >= 4 is 27.5 Å². The van der Waals surface area contributed by atoms with Crippen LogP contribution < -0.4 is 9.47 Å². The molecule has 0 aliphatic carbocycles. The number of rotatable bonds is 11. The van der Waals surface area contributed by atoms with Crippen molar-refractivity contribution in [3.63, 3.8) is 0 Å². The van der Waals surface area contributed by atoms with Gasteiger partial charge in [0.1, 0.15) is 31.3 Å². The van der Waals surface area contributed by atoms with Crippen LogP contribution in [0.1, 0.15) is 6.92 Å². The third kappa shape index (κ3) is 5.09. The number of ether oxygens (including phenoxy) is 4. The highest BCUT2D eigenvalue weighted by atomic mass is 16.6. The molecular weight excluding hydrogens is 384 g/mol. The number of carbonyl (C=O) groups is 1. The molecule has 30 heavy (non-hydrogen) atoms. The van der Waals surface area contributed by atoms with Crippen LogP contribution in [0.3, 0.4) is 0 Å². The van der Waals surface area contributed by atoms with E-state index in [1.807, 2.05) is 48.5 Å². The molecule has 1 N–H and O–H groups in total. The Morgan fingerprint density at radius 3 is 1.73 bits per heavy atom. The minimum Gasteiger partial charge on any atom is -0.490 e. The number of fused-ring (bicyclic) bond motifs is 2. The Labute approximate surface area is 175 Å². The molecule has 158 valence electrons. The first kappa shape index (κ1) is 21.6. The number of aliphatic hydroxyl groups excluding tert-OH is 1. The van der Waals surface area contributed by atoms with Gasteiger partial charge in [-0.05, 0) is 6.92 Å². The van der Waals surface area contributed by atoms with Crippen molar-refractivity contribution in [2.75, 3.05) is 39.6 Å². The number of aliphatic hydroxyl groups is 1. The van der Waals surface area contributed by atoms with E-state index in [0.29, 0.717) is 18.8 Å². The molecule has 0 amide bonds. The zero-order valence-corrected chi connectivity index (χ0v) is 17.1. The highest BCUT2D eigenvalue weighted by Gasteiger charge is 2.15. The van der Waals surface area contributed by atoms with Gasteiger partial charge in [-0.15, -0.1) is 0 Å². The van der Waals surface area contributed by atoms with Crippen LogP contribution >= 0.6 is 0 Å². The molecule has 0 atom stereocenters. The molecule has 0 unspecified atom stereocenters. The average molecular weight is 410 g/mol. The maximum Gasteiger partial charge on any atom is 0.333 e. The van der Waals surface area contributed by atoms with Crippen LogP contribution in [-0.4, -0.2) is 50.7 Å². The van der Waals surface area contributed by atoms with E-state index in [1.165, 1.54) is 0 Å². The van der Waals surface area contributed by atoms with Gasteiger partial charge in [0.2, 0.25) is 0 Å². The largest absolute Gasteiger partial charge is 0.490 e. The van der Waals surface area contributed by atoms with Crippen LogP contribution in [-0.2, 0) is 14.3 Å². The molecular formula is C24H26O6. The summed E-state index contributed by atoms with van der Waals surface area (Å²) in [6.45, 7) is 6.47. The second-order valence-electron chi connectivity index (χ2n) is 6.70. The first-order valence-electron chi connectivity index (χ1n) is 9.83. The van der Waals surface area contributed by atoms with Gasteiger partial charge >= 0.3 is 5.97 Å². The monoisotopic (exact) mass is 410 g/mol. The summed E-state index contributed by atoms with van der Waals surface area (Å²) >= 11 is 0. The van der Waals surface area contributed by atoms with E-state index >= 15 is 0 Å². The summed E-state index contributed by atoms with van der Waals surface area (Å²) in [6, 6.07) is 15.7. The molecule has 0 aromatic heterocycles. The van der Waals surface area contributed by atoms with Crippen molar-refractivity contribution in [1.82, 2.24) is 0 Å². The van der Waals surface area contributed by atoms with Crippen molar-refractivity contribution in [1.29, 1.82) is 0 Å². The number of hydrogen-bond donors (Lipinski definition) is 1. The fourth-order valence-electron chi connectivity index (χ4n) is 3.13. The second-order valence-corrected chi connectivity index (χ2v) is 6.70. The summed E-state index contributed by atoms with van der Waals surface area (Å²) in [4.78, 5) is 11.3. The van der Waals surface area contributed by atoms with E-state index in [1.54, 1.807) is 6.92 Å². The normalized spacial score (nSPS) is 10.9. The minimum absolute atomic E-state index is 0.0556. The average Bonchev–Trinajstić information content (AvgIpc) is 2.77. The predicted octanol–water partition coefficient (Wildman–Crippen LogP) is 3.88. The fourth-order valence-corrected chi connectivity index (χ4v) is 3.13. The van der Waals surface area contributed by atoms with Crippen LogP contribution in [0.4, 0.5) is 0 Å². The molecule has 6 nitrogen and oxygen atoms in total. The van der Waals surface area contributed by atoms with Gasteiger partial charge in [0.15, 0.2) is 0 Å². The van der Waals surface area contributed by atoms with E-state index in [2.05, 4.69) is 6.58 Å². The van der Waals surface area contributed by atoms with Gasteiger partial charge in [0.25, 0.3) is 0 Å². The summed E-state index contributed by atoms with van der Waals surface area (Å²) in [5, 5.41) is 12.9. The third-order valence-electron chi connectivity index (χ3n) is 4.45. The Bertz CT molecular complexity index is 970. The zero-order chi connectivity index (χ0) is 21.3. The van der Waals surface area contributed by atoms with Crippen molar-refractivity contribution < 1.29 is 28.8 Å². The Morgan fingerprint density at radius 1 is 0.800 bits per heavy atom. The van der Waals surface area contributed by atoms with Gasteiger partial charge in [-0.2, -0.15) is 0 Å². The van der Waals surface area contributed by atoms with E-state index in [-0.39, 0.29) is 26.4 Å². The van der Waals surface area contributed by atoms with Gasteiger partial charge in [-0.3, -0.25) is 0 Å². The van der Waals surface area contributed by atoms with Crippen molar-refractivity contribution in [3.05, 3.63) is 60.7 Å². The molecule has 0 radical (unpaired) electrons. The number of benzene rings is 3. The van der Waals surface area contributed by atoms with E-state index in [4.69, 9.17) is 18.9 Å². The Morgan fingerprint density at radius 2 is 1.27 bits per heavy atom. The summed E-state index contributed by atoms with van der Waals surface area (Å²) in [5.74, 6) is 1.07. The summed E-state index contributed by atoms with van der Waals surface area (Å²) in [7, 11) is 0. The molecule has 0 heterocycles. The van der Waals surface area contributed by atoms with Crippen LogP contribution in [0.25, 0.3) is 21.5 Å². The molecule has 0 aliphatic heterocycles. The van der Waals surface area contributed by atoms with Crippen LogP contribution in [0.5, 0.6) is 11.5 Å².